The van der Waals surface area contributed by atoms with E-state index >= 15 is 0 Å². The minimum atomic E-state index is -0.787. The lowest BCUT2D eigenvalue weighted by Crippen LogP contribution is -2.06. The highest BCUT2D eigenvalue weighted by molar-refractivity contribution is 6.69. The van der Waals surface area contributed by atoms with Gasteiger partial charge in [0.2, 0.25) is 0 Å². The van der Waals surface area contributed by atoms with Gasteiger partial charge in [0.1, 0.15) is 0 Å². The fourth-order valence-electron chi connectivity index (χ4n) is 0.897. The quantitative estimate of drug-likeness (QED) is 0.420. The summed E-state index contributed by atoms with van der Waals surface area (Å²) in [5, 5.41) is 0. The fraction of sp³-hybridized carbons (Fsp3) is 0.556. The number of hydrogen-bond donors (Lipinski definition) is 0. The molecule has 0 aliphatic heterocycles. The van der Waals surface area contributed by atoms with Gasteiger partial charge in [0, 0.05) is 13.2 Å². The number of rotatable bonds is 7. The van der Waals surface area contributed by atoms with Crippen LogP contribution in [0.5, 0.6) is 0 Å². The highest BCUT2D eigenvalue weighted by Gasteiger charge is 1.98. The fourth-order valence-corrected chi connectivity index (χ4v) is 2.20. The average molecular weight is 170 g/mol. The first-order chi connectivity index (χ1) is 5.35. The molecule has 0 bridgehead atoms. The molecule has 0 N–H and O–H groups in total. The van der Waals surface area contributed by atoms with Crippen LogP contribution in [0.2, 0.25) is 6.04 Å². The van der Waals surface area contributed by atoms with Crippen LogP contribution in [0.15, 0.2) is 24.6 Å². The zero-order valence-corrected chi connectivity index (χ0v) is 8.54. The lowest BCUT2D eigenvalue weighted by molar-refractivity contribution is 0.148. The van der Waals surface area contributed by atoms with Crippen molar-refractivity contribution in [2.24, 2.45) is 0 Å². The van der Waals surface area contributed by atoms with E-state index < -0.39 is 8.80 Å². The Labute approximate surface area is 71.4 Å². The van der Waals surface area contributed by atoms with Crippen molar-refractivity contribution in [2.75, 3.05) is 13.2 Å². The molecule has 0 atom stereocenters. The lowest BCUT2D eigenvalue weighted by atomic mass is 10.5. The number of ether oxygens (including phenoxy) is 1. The molecule has 64 valence electrons. The van der Waals surface area contributed by atoms with E-state index in [4.69, 9.17) is 4.74 Å². The molecule has 0 heterocycles. The molecule has 0 saturated heterocycles. The molecule has 0 amide bonds. The molecule has 0 saturated carbocycles. The smallest absolute Gasteiger partial charge is 0.0838 e. The van der Waals surface area contributed by atoms with Crippen molar-refractivity contribution in [1.29, 1.82) is 0 Å². The van der Waals surface area contributed by atoms with Crippen molar-refractivity contribution in [3.63, 3.8) is 0 Å². The Morgan fingerprint density at radius 3 is 2.45 bits per heavy atom. The molecule has 0 unspecified atom stereocenters. The van der Waals surface area contributed by atoms with Gasteiger partial charge in [-0.05, 0) is 13.3 Å². The Morgan fingerprint density at radius 2 is 2.00 bits per heavy atom. The van der Waals surface area contributed by atoms with Gasteiger partial charge in [-0.3, -0.25) is 0 Å². The topological polar surface area (TPSA) is 9.23 Å². The van der Waals surface area contributed by atoms with Crippen LogP contribution in [0.3, 0.4) is 0 Å². The Bertz CT molecular complexity index is 104. The minimum Gasteiger partial charge on any atom is -0.382 e. The third-order valence-corrected chi connectivity index (χ3v) is 3.92. The first-order valence-electron chi connectivity index (χ1n) is 4.18. The summed E-state index contributed by atoms with van der Waals surface area (Å²) < 4.78 is 5.23. The van der Waals surface area contributed by atoms with Crippen LogP contribution in [-0.2, 0) is 4.74 Å². The molecule has 2 heteroatoms. The maximum Gasteiger partial charge on any atom is 0.0838 e. The Kier molecular flexibility index (Phi) is 7.52. The van der Waals surface area contributed by atoms with E-state index in [2.05, 4.69) is 24.6 Å². The molecule has 0 spiro atoms. The monoisotopic (exact) mass is 170 g/mol. The standard InChI is InChI=1S/C9H18OSi/c1-4-10-8-7-9-11(5-2)6-3/h5-6,11H,2-4,7-9H2,1H3. The second kappa shape index (κ2) is 7.76. The maximum atomic E-state index is 5.23. The number of hydrogen-bond acceptors (Lipinski definition) is 1. The van der Waals surface area contributed by atoms with Gasteiger partial charge in [-0.1, -0.05) is 6.04 Å². The summed E-state index contributed by atoms with van der Waals surface area (Å²) in [5.74, 6) is 0. The normalized spacial score (nSPS) is 10.0. The highest BCUT2D eigenvalue weighted by Crippen LogP contribution is 1.99. The van der Waals surface area contributed by atoms with E-state index in [0.29, 0.717) is 0 Å². The minimum absolute atomic E-state index is 0.787. The molecular formula is C9H18OSi. The van der Waals surface area contributed by atoms with Crippen LogP contribution >= 0.6 is 0 Å². The summed E-state index contributed by atoms with van der Waals surface area (Å²) in [6.45, 7) is 11.3. The second-order valence-electron chi connectivity index (χ2n) is 2.47. The van der Waals surface area contributed by atoms with E-state index in [1.807, 2.05) is 6.92 Å². The highest BCUT2D eigenvalue weighted by atomic mass is 28.3. The molecular weight excluding hydrogens is 152 g/mol. The van der Waals surface area contributed by atoms with Crippen molar-refractivity contribution >= 4 is 8.80 Å². The molecule has 0 radical (unpaired) electrons. The predicted molar refractivity (Wildman–Crippen MR) is 53.5 cm³/mol. The Hall–Kier alpha value is -0.343. The Morgan fingerprint density at radius 1 is 1.36 bits per heavy atom. The van der Waals surface area contributed by atoms with E-state index in [9.17, 15) is 0 Å². The van der Waals surface area contributed by atoms with Gasteiger partial charge in [0.05, 0.1) is 8.80 Å². The molecule has 0 aliphatic rings. The second-order valence-corrected chi connectivity index (χ2v) is 5.32. The molecule has 11 heavy (non-hydrogen) atoms. The average Bonchev–Trinajstić information content (AvgIpc) is 2.05. The molecule has 0 fully saturated rings. The summed E-state index contributed by atoms with van der Waals surface area (Å²) >= 11 is 0. The van der Waals surface area contributed by atoms with E-state index in [-0.39, 0.29) is 0 Å². The van der Waals surface area contributed by atoms with Crippen LogP contribution in [-0.4, -0.2) is 22.0 Å². The summed E-state index contributed by atoms with van der Waals surface area (Å²) in [4.78, 5) is 0. The first kappa shape index (κ1) is 10.7. The largest absolute Gasteiger partial charge is 0.382 e. The van der Waals surface area contributed by atoms with E-state index in [1.54, 1.807) is 0 Å². The van der Waals surface area contributed by atoms with Gasteiger partial charge in [-0.25, -0.2) is 0 Å². The molecule has 0 aromatic heterocycles. The van der Waals surface area contributed by atoms with Gasteiger partial charge < -0.3 is 4.74 Å². The summed E-state index contributed by atoms with van der Waals surface area (Å²) in [5.41, 5.74) is 4.14. The van der Waals surface area contributed by atoms with Crippen molar-refractivity contribution in [3.8, 4) is 0 Å². The van der Waals surface area contributed by atoms with Gasteiger partial charge in [0.15, 0.2) is 0 Å². The van der Waals surface area contributed by atoms with Crippen LogP contribution in [0.1, 0.15) is 13.3 Å². The van der Waals surface area contributed by atoms with Crippen LogP contribution in [0.4, 0.5) is 0 Å². The first-order valence-corrected chi connectivity index (χ1v) is 6.33. The van der Waals surface area contributed by atoms with Gasteiger partial charge in [0.25, 0.3) is 0 Å². The third kappa shape index (κ3) is 6.07. The zero-order valence-electron chi connectivity index (χ0n) is 7.38. The predicted octanol–water partition coefficient (Wildman–Crippen LogP) is 2.09. The SMILES string of the molecule is C=C[SiH](C=C)CCCOCC. The van der Waals surface area contributed by atoms with Crippen molar-refractivity contribution in [2.45, 2.75) is 19.4 Å². The molecule has 0 aliphatic carbocycles. The van der Waals surface area contributed by atoms with Crippen molar-refractivity contribution < 1.29 is 4.74 Å². The van der Waals surface area contributed by atoms with E-state index in [0.717, 1.165) is 19.6 Å². The molecule has 0 rings (SSSR count). The molecule has 0 aromatic carbocycles. The summed E-state index contributed by atoms with van der Waals surface area (Å²) in [6.07, 6.45) is 1.16. The van der Waals surface area contributed by atoms with Crippen LogP contribution in [0.25, 0.3) is 0 Å². The zero-order chi connectivity index (χ0) is 8.53. The van der Waals surface area contributed by atoms with Crippen LogP contribution < -0.4 is 0 Å². The Balaban J connectivity index is 3.21. The molecule has 1 nitrogen and oxygen atoms in total. The summed E-state index contributed by atoms with van der Waals surface area (Å²) in [7, 11) is -0.787. The van der Waals surface area contributed by atoms with Gasteiger partial charge in [-0.15, -0.1) is 24.6 Å². The van der Waals surface area contributed by atoms with E-state index in [1.165, 1.54) is 6.04 Å². The summed E-state index contributed by atoms with van der Waals surface area (Å²) in [6, 6.07) is 1.24. The lowest BCUT2D eigenvalue weighted by Gasteiger charge is -2.04. The van der Waals surface area contributed by atoms with Crippen molar-refractivity contribution in [3.05, 3.63) is 24.6 Å². The van der Waals surface area contributed by atoms with Gasteiger partial charge >= 0.3 is 0 Å². The van der Waals surface area contributed by atoms with Gasteiger partial charge in [-0.2, -0.15) is 0 Å². The van der Waals surface area contributed by atoms with Crippen LogP contribution in [0, 0.1) is 0 Å². The molecule has 0 aromatic rings. The van der Waals surface area contributed by atoms with Crippen molar-refractivity contribution in [1.82, 2.24) is 0 Å². The third-order valence-electron chi connectivity index (χ3n) is 1.64. The maximum absolute atomic E-state index is 5.23.